The normalized spacial score (nSPS) is 10.7. The second-order valence-corrected chi connectivity index (χ2v) is 4.67. The van der Waals surface area contributed by atoms with Gasteiger partial charge in [-0.2, -0.15) is 0 Å². The molecular formula is C9H10ClN5OS. The third-order valence-corrected chi connectivity index (χ3v) is 3.33. The first-order valence-corrected chi connectivity index (χ1v) is 6.08. The van der Waals surface area contributed by atoms with Crippen LogP contribution < -0.4 is 11.3 Å². The van der Waals surface area contributed by atoms with E-state index in [4.69, 9.17) is 17.3 Å². The van der Waals surface area contributed by atoms with Crippen molar-refractivity contribution in [1.29, 1.82) is 0 Å². The molecule has 0 saturated heterocycles. The van der Waals surface area contributed by atoms with Gasteiger partial charge in [0.15, 0.2) is 5.16 Å². The maximum atomic E-state index is 11.2. The summed E-state index contributed by atoms with van der Waals surface area (Å²) in [4.78, 5) is 21.9. The number of thioether (sulfide) groups is 1. The molecule has 0 aliphatic carbocycles. The van der Waals surface area contributed by atoms with E-state index in [0.29, 0.717) is 16.1 Å². The van der Waals surface area contributed by atoms with Crippen molar-refractivity contribution >= 4 is 29.2 Å². The zero-order valence-electron chi connectivity index (χ0n) is 8.98. The monoisotopic (exact) mass is 271 g/mol. The van der Waals surface area contributed by atoms with E-state index >= 15 is 0 Å². The van der Waals surface area contributed by atoms with Crippen LogP contribution in [0.15, 0.2) is 22.2 Å². The summed E-state index contributed by atoms with van der Waals surface area (Å²) in [5.74, 6) is 1.55. The Kier molecular flexibility index (Phi) is 3.39. The Morgan fingerprint density at radius 1 is 1.65 bits per heavy atom. The molecule has 90 valence electrons. The highest BCUT2D eigenvalue weighted by Gasteiger charge is 2.06. The van der Waals surface area contributed by atoms with Crippen molar-refractivity contribution in [2.45, 2.75) is 10.9 Å². The van der Waals surface area contributed by atoms with Gasteiger partial charge in [0.25, 0.3) is 5.56 Å². The molecule has 2 aromatic heterocycles. The number of imidazole rings is 1. The number of hydrogen-bond donors (Lipinski definition) is 2. The molecular weight excluding hydrogens is 262 g/mol. The van der Waals surface area contributed by atoms with Gasteiger partial charge in [0.05, 0.1) is 11.9 Å². The molecule has 0 aliphatic rings. The fourth-order valence-electron chi connectivity index (χ4n) is 1.21. The molecule has 2 aromatic rings. The van der Waals surface area contributed by atoms with Crippen LogP contribution >= 0.6 is 23.4 Å². The number of hydrogen-bond acceptors (Lipinski definition) is 5. The van der Waals surface area contributed by atoms with E-state index in [9.17, 15) is 4.79 Å². The van der Waals surface area contributed by atoms with Crippen LogP contribution in [0.25, 0.3) is 0 Å². The molecule has 0 radical (unpaired) electrons. The molecule has 0 unspecified atom stereocenters. The van der Waals surface area contributed by atoms with E-state index in [2.05, 4.69) is 15.0 Å². The predicted octanol–water partition coefficient (Wildman–Crippen LogP) is 1.03. The molecule has 0 aromatic carbocycles. The van der Waals surface area contributed by atoms with Gasteiger partial charge < -0.3 is 15.3 Å². The number of nitrogens with one attached hydrogen (secondary N) is 1. The van der Waals surface area contributed by atoms with Crippen LogP contribution in [0.5, 0.6) is 0 Å². The Labute approximate surface area is 106 Å². The third kappa shape index (κ3) is 2.80. The maximum absolute atomic E-state index is 11.2. The summed E-state index contributed by atoms with van der Waals surface area (Å²) in [5, 5.41) is 1.03. The summed E-state index contributed by atoms with van der Waals surface area (Å²) in [7, 11) is 1.82. The lowest BCUT2D eigenvalue weighted by Crippen LogP contribution is -2.09. The Balaban J connectivity index is 2.12. The van der Waals surface area contributed by atoms with Gasteiger partial charge in [-0.1, -0.05) is 23.4 Å². The van der Waals surface area contributed by atoms with Gasteiger partial charge in [0.1, 0.15) is 16.8 Å². The Morgan fingerprint density at radius 3 is 3.00 bits per heavy atom. The number of H-pyrrole nitrogens is 1. The Hall–Kier alpha value is -1.47. The number of halogens is 1. The SMILES string of the molecule is Cn1c(Cl)cnc1CSc1nc(N)cc(=O)[nH]1. The first kappa shape index (κ1) is 12.0. The number of anilines is 1. The largest absolute Gasteiger partial charge is 0.383 e. The van der Waals surface area contributed by atoms with Crippen molar-refractivity contribution in [2.24, 2.45) is 7.05 Å². The molecule has 0 saturated carbocycles. The fraction of sp³-hybridized carbons (Fsp3) is 0.222. The summed E-state index contributed by atoms with van der Waals surface area (Å²) in [6, 6.07) is 1.24. The van der Waals surface area contributed by atoms with E-state index < -0.39 is 0 Å². The Bertz CT molecular complexity index is 593. The lowest BCUT2D eigenvalue weighted by molar-refractivity contribution is 0.847. The van der Waals surface area contributed by atoms with Crippen molar-refractivity contribution < 1.29 is 0 Å². The van der Waals surface area contributed by atoms with Gasteiger partial charge in [0.2, 0.25) is 0 Å². The van der Waals surface area contributed by atoms with Crippen LogP contribution in [0.4, 0.5) is 5.82 Å². The highest BCUT2D eigenvalue weighted by molar-refractivity contribution is 7.98. The van der Waals surface area contributed by atoms with E-state index in [1.54, 1.807) is 10.8 Å². The summed E-state index contributed by atoms with van der Waals surface area (Å²) < 4.78 is 1.76. The minimum atomic E-state index is -0.266. The lowest BCUT2D eigenvalue weighted by atomic mass is 10.6. The summed E-state index contributed by atoms with van der Waals surface area (Å²) in [6.07, 6.45) is 1.58. The fourth-order valence-corrected chi connectivity index (χ4v) is 2.24. The van der Waals surface area contributed by atoms with Crippen LogP contribution in [0, 0.1) is 0 Å². The molecule has 0 fully saturated rings. The lowest BCUT2D eigenvalue weighted by Gasteiger charge is -2.02. The first-order chi connectivity index (χ1) is 8.06. The van der Waals surface area contributed by atoms with Crippen molar-refractivity contribution in [3.8, 4) is 0 Å². The molecule has 0 spiro atoms. The second-order valence-electron chi connectivity index (χ2n) is 3.32. The zero-order valence-corrected chi connectivity index (χ0v) is 10.5. The standard InChI is InChI=1S/C9H10ClN5OS/c1-15-5(10)3-12-7(15)4-17-9-13-6(11)2-8(16)14-9/h2-3H,4H2,1H3,(H3,11,13,14,16). The first-order valence-electron chi connectivity index (χ1n) is 4.72. The van der Waals surface area contributed by atoms with Crippen LogP contribution in [-0.4, -0.2) is 19.5 Å². The number of aromatic nitrogens is 4. The number of aromatic amines is 1. The van der Waals surface area contributed by atoms with Crippen molar-refractivity contribution in [3.05, 3.63) is 33.6 Å². The highest BCUT2D eigenvalue weighted by Crippen LogP contribution is 2.19. The number of nitrogen functional groups attached to an aromatic ring is 1. The molecule has 0 atom stereocenters. The summed E-state index contributed by atoms with van der Waals surface area (Å²) in [6.45, 7) is 0. The molecule has 8 heteroatoms. The summed E-state index contributed by atoms with van der Waals surface area (Å²) >= 11 is 7.20. The maximum Gasteiger partial charge on any atom is 0.253 e. The van der Waals surface area contributed by atoms with E-state index in [1.165, 1.54) is 17.8 Å². The van der Waals surface area contributed by atoms with E-state index in [-0.39, 0.29) is 11.4 Å². The van der Waals surface area contributed by atoms with Crippen molar-refractivity contribution in [2.75, 3.05) is 5.73 Å². The minimum absolute atomic E-state index is 0.203. The van der Waals surface area contributed by atoms with Crippen LogP contribution in [0.3, 0.4) is 0 Å². The highest BCUT2D eigenvalue weighted by atomic mass is 35.5. The number of nitrogens with two attached hydrogens (primary N) is 1. The van der Waals surface area contributed by atoms with Crippen LogP contribution in [0.1, 0.15) is 5.82 Å². The second kappa shape index (κ2) is 4.80. The molecule has 0 aliphatic heterocycles. The predicted molar refractivity (Wildman–Crippen MR) is 67.0 cm³/mol. The Morgan fingerprint density at radius 2 is 2.41 bits per heavy atom. The van der Waals surface area contributed by atoms with E-state index in [1.807, 2.05) is 7.05 Å². The molecule has 2 rings (SSSR count). The molecule has 6 nitrogen and oxygen atoms in total. The van der Waals surface area contributed by atoms with Crippen LogP contribution in [-0.2, 0) is 12.8 Å². The average molecular weight is 272 g/mol. The molecule has 17 heavy (non-hydrogen) atoms. The van der Waals surface area contributed by atoms with Crippen LogP contribution in [0.2, 0.25) is 5.15 Å². The van der Waals surface area contributed by atoms with Gasteiger partial charge in [-0.05, 0) is 0 Å². The molecule has 0 amide bonds. The zero-order chi connectivity index (χ0) is 12.4. The topological polar surface area (TPSA) is 89.6 Å². The van der Waals surface area contributed by atoms with E-state index in [0.717, 1.165) is 5.82 Å². The molecule has 3 N–H and O–H groups in total. The molecule has 2 heterocycles. The van der Waals surface area contributed by atoms with Gasteiger partial charge in [-0.15, -0.1) is 0 Å². The number of rotatable bonds is 3. The third-order valence-electron chi connectivity index (χ3n) is 2.11. The van der Waals surface area contributed by atoms with Gasteiger partial charge in [0, 0.05) is 13.1 Å². The van der Waals surface area contributed by atoms with Gasteiger partial charge in [-0.25, -0.2) is 9.97 Å². The number of nitrogens with zero attached hydrogens (tertiary/aromatic N) is 3. The summed E-state index contributed by atoms with van der Waals surface area (Å²) in [5.41, 5.74) is 5.21. The average Bonchev–Trinajstić information content (AvgIpc) is 2.56. The van der Waals surface area contributed by atoms with Crippen molar-refractivity contribution in [1.82, 2.24) is 19.5 Å². The smallest absolute Gasteiger partial charge is 0.253 e. The van der Waals surface area contributed by atoms with Gasteiger partial charge in [-0.3, -0.25) is 4.79 Å². The molecule has 0 bridgehead atoms. The minimum Gasteiger partial charge on any atom is -0.383 e. The van der Waals surface area contributed by atoms with Crippen molar-refractivity contribution in [3.63, 3.8) is 0 Å². The van der Waals surface area contributed by atoms with Gasteiger partial charge >= 0.3 is 0 Å². The quantitative estimate of drug-likeness (QED) is 0.643.